The van der Waals surface area contributed by atoms with Gasteiger partial charge in [-0.05, 0) is 43.7 Å². The van der Waals surface area contributed by atoms with Gasteiger partial charge in [0.05, 0.1) is 5.39 Å². The zero-order valence-corrected chi connectivity index (χ0v) is 17.7. The quantitative estimate of drug-likeness (QED) is 0.507. The van der Waals surface area contributed by atoms with Gasteiger partial charge < -0.3 is 9.15 Å². The Morgan fingerprint density at radius 1 is 1.06 bits per heavy atom. The van der Waals surface area contributed by atoms with Gasteiger partial charge in [0, 0.05) is 23.4 Å². The minimum Gasteiger partial charge on any atom is -0.483 e. The van der Waals surface area contributed by atoms with Crippen LogP contribution in [0.3, 0.4) is 0 Å². The SMILES string of the molecule is Cc1cc([C@@H](C)Oc2cccnc2S(N)(=O)=O)c2oc(-c3ccccc3)cc(=O)c2c1. The molecule has 0 radical (unpaired) electrons. The summed E-state index contributed by atoms with van der Waals surface area (Å²) in [6, 6.07) is 17.4. The van der Waals surface area contributed by atoms with E-state index in [0.29, 0.717) is 22.3 Å². The summed E-state index contributed by atoms with van der Waals surface area (Å²) in [6.45, 7) is 3.60. The lowest BCUT2D eigenvalue weighted by atomic mass is 10.0. The largest absolute Gasteiger partial charge is 0.483 e. The predicted molar refractivity (Wildman–Crippen MR) is 117 cm³/mol. The van der Waals surface area contributed by atoms with E-state index in [1.54, 1.807) is 19.1 Å². The number of nitrogens with zero attached hydrogens (tertiary/aromatic N) is 1. The van der Waals surface area contributed by atoms with Gasteiger partial charge in [-0.15, -0.1) is 0 Å². The maximum absolute atomic E-state index is 12.8. The fourth-order valence-electron chi connectivity index (χ4n) is 3.41. The van der Waals surface area contributed by atoms with Gasteiger partial charge in [-0.1, -0.05) is 30.3 Å². The molecule has 4 rings (SSSR count). The summed E-state index contributed by atoms with van der Waals surface area (Å²) in [5.74, 6) is 0.454. The third kappa shape index (κ3) is 4.21. The van der Waals surface area contributed by atoms with Crippen molar-refractivity contribution in [2.75, 3.05) is 0 Å². The molecule has 2 aromatic heterocycles. The van der Waals surface area contributed by atoms with Crippen molar-refractivity contribution in [2.45, 2.75) is 25.0 Å². The normalized spacial score (nSPS) is 12.6. The van der Waals surface area contributed by atoms with E-state index in [9.17, 15) is 13.2 Å². The second kappa shape index (κ2) is 7.98. The highest BCUT2D eigenvalue weighted by atomic mass is 32.2. The molecule has 0 saturated carbocycles. The van der Waals surface area contributed by atoms with E-state index >= 15 is 0 Å². The number of aryl methyl sites for hydroxylation is 1. The molecule has 0 fully saturated rings. The zero-order valence-electron chi connectivity index (χ0n) is 16.9. The fraction of sp³-hybridized carbons (Fsp3) is 0.130. The summed E-state index contributed by atoms with van der Waals surface area (Å²) >= 11 is 0. The number of hydrogen-bond acceptors (Lipinski definition) is 6. The van der Waals surface area contributed by atoms with Crippen LogP contribution in [0.1, 0.15) is 24.2 Å². The lowest BCUT2D eigenvalue weighted by Crippen LogP contribution is -2.16. The van der Waals surface area contributed by atoms with Gasteiger partial charge >= 0.3 is 0 Å². The van der Waals surface area contributed by atoms with Gasteiger partial charge in [0.2, 0.25) is 5.03 Å². The lowest BCUT2D eigenvalue weighted by Gasteiger charge is -2.18. The van der Waals surface area contributed by atoms with Crippen molar-refractivity contribution < 1.29 is 17.6 Å². The third-order valence-corrected chi connectivity index (χ3v) is 5.65. The molecule has 0 spiro atoms. The molecule has 0 amide bonds. The highest BCUT2D eigenvalue weighted by molar-refractivity contribution is 7.89. The summed E-state index contributed by atoms with van der Waals surface area (Å²) in [4.78, 5) is 16.7. The molecule has 2 heterocycles. The molecule has 1 atom stereocenters. The van der Waals surface area contributed by atoms with Crippen molar-refractivity contribution in [1.29, 1.82) is 0 Å². The van der Waals surface area contributed by atoms with Crippen LogP contribution in [-0.2, 0) is 10.0 Å². The molecule has 0 aliphatic heterocycles. The van der Waals surface area contributed by atoms with Crippen molar-refractivity contribution in [3.63, 3.8) is 0 Å². The van der Waals surface area contributed by atoms with E-state index < -0.39 is 16.1 Å². The van der Waals surface area contributed by atoms with E-state index in [-0.39, 0.29) is 16.2 Å². The van der Waals surface area contributed by atoms with Crippen LogP contribution in [-0.4, -0.2) is 13.4 Å². The predicted octanol–water partition coefficient (Wildman–Crippen LogP) is 3.95. The standard InChI is InChI=1S/C23H20N2O5S/c1-14-11-17(15(2)29-20-9-6-10-25-23(20)31(24,27)28)22-18(12-14)19(26)13-21(30-22)16-7-4-3-5-8-16/h3-13,15H,1-2H3,(H2,24,27,28)/t15-/m1/s1. The summed E-state index contributed by atoms with van der Waals surface area (Å²) in [6.07, 6.45) is 0.672. The van der Waals surface area contributed by atoms with Gasteiger partial charge in [0.1, 0.15) is 17.4 Å². The molecule has 0 unspecified atom stereocenters. The molecule has 0 aliphatic carbocycles. The summed E-state index contributed by atoms with van der Waals surface area (Å²) < 4.78 is 35.8. The maximum Gasteiger partial charge on any atom is 0.259 e. The second-order valence-electron chi connectivity index (χ2n) is 7.18. The smallest absolute Gasteiger partial charge is 0.259 e. The van der Waals surface area contributed by atoms with E-state index in [4.69, 9.17) is 14.3 Å². The van der Waals surface area contributed by atoms with Crippen LogP contribution in [0.25, 0.3) is 22.3 Å². The molecule has 2 aromatic carbocycles. The molecule has 4 aromatic rings. The molecular formula is C23H20N2O5S. The summed E-state index contributed by atoms with van der Waals surface area (Å²) in [5, 5.41) is 5.32. The van der Waals surface area contributed by atoms with Crippen LogP contribution < -0.4 is 15.3 Å². The Hall–Kier alpha value is -3.49. The number of primary sulfonamides is 1. The molecule has 0 saturated heterocycles. The first kappa shape index (κ1) is 20.8. The van der Waals surface area contributed by atoms with Crippen LogP contribution in [0.15, 0.2) is 81.1 Å². The first-order valence-electron chi connectivity index (χ1n) is 9.52. The van der Waals surface area contributed by atoms with Gasteiger partial charge in [0.15, 0.2) is 11.2 Å². The van der Waals surface area contributed by atoms with Crippen molar-refractivity contribution in [3.05, 3.63) is 88.2 Å². The zero-order chi connectivity index (χ0) is 22.2. The van der Waals surface area contributed by atoms with Crippen LogP contribution in [0.4, 0.5) is 0 Å². The van der Waals surface area contributed by atoms with Gasteiger partial charge in [0.25, 0.3) is 10.0 Å². The first-order chi connectivity index (χ1) is 14.7. The Labute approximate surface area is 179 Å². The van der Waals surface area contributed by atoms with Crippen molar-refractivity contribution in [1.82, 2.24) is 4.98 Å². The van der Waals surface area contributed by atoms with E-state index in [1.807, 2.05) is 43.3 Å². The Kier molecular flexibility index (Phi) is 5.34. The second-order valence-corrected chi connectivity index (χ2v) is 8.66. The van der Waals surface area contributed by atoms with Crippen molar-refractivity contribution in [3.8, 4) is 17.1 Å². The monoisotopic (exact) mass is 436 g/mol. The number of aromatic nitrogens is 1. The highest BCUT2D eigenvalue weighted by Gasteiger charge is 2.22. The highest BCUT2D eigenvalue weighted by Crippen LogP contribution is 2.32. The molecule has 2 N–H and O–H groups in total. The number of ether oxygens (including phenoxy) is 1. The molecular weight excluding hydrogens is 416 g/mol. The van der Waals surface area contributed by atoms with Crippen molar-refractivity contribution >= 4 is 21.0 Å². The van der Waals surface area contributed by atoms with E-state index in [2.05, 4.69) is 4.98 Å². The molecule has 31 heavy (non-hydrogen) atoms. The number of fused-ring (bicyclic) bond motifs is 1. The molecule has 7 nitrogen and oxygen atoms in total. The van der Waals surface area contributed by atoms with Gasteiger partial charge in [-0.3, -0.25) is 4.79 Å². The van der Waals surface area contributed by atoms with Gasteiger partial charge in [-0.25, -0.2) is 18.5 Å². The number of pyridine rings is 1. The topological polar surface area (TPSA) is 112 Å². The number of rotatable bonds is 5. The average molecular weight is 436 g/mol. The first-order valence-corrected chi connectivity index (χ1v) is 11.1. The molecule has 8 heteroatoms. The van der Waals surface area contributed by atoms with Crippen molar-refractivity contribution in [2.24, 2.45) is 5.14 Å². The Bertz CT molecular complexity index is 1430. The maximum atomic E-state index is 12.8. The Morgan fingerprint density at radius 2 is 1.81 bits per heavy atom. The number of nitrogens with two attached hydrogens (primary N) is 1. The van der Waals surface area contributed by atoms with Gasteiger partial charge in [-0.2, -0.15) is 0 Å². The van der Waals surface area contributed by atoms with E-state index in [1.165, 1.54) is 18.3 Å². The summed E-state index contributed by atoms with van der Waals surface area (Å²) in [5.41, 5.74) is 2.42. The van der Waals surface area contributed by atoms with Crippen LogP contribution in [0, 0.1) is 6.92 Å². The third-order valence-electron chi connectivity index (χ3n) is 4.81. The molecule has 0 bridgehead atoms. The van der Waals surface area contributed by atoms with Crippen LogP contribution in [0.5, 0.6) is 5.75 Å². The molecule has 158 valence electrons. The Balaban J connectivity index is 1.86. The fourth-order valence-corrected chi connectivity index (χ4v) is 4.02. The summed E-state index contributed by atoms with van der Waals surface area (Å²) in [7, 11) is -4.07. The number of benzene rings is 2. The molecule has 0 aliphatic rings. The average Bonchev–Trinajstić information content (AvgIpc) is 2.74. The van der Waals surface area contributed by atoms with Crippen LogP contribution in [0.2, 0.25) is 0 Å². The number of hydrogen-bond donors (Lipinski definition) is 1. The minimum absolute atomic E-state index is 0.0220. The Morgan fingerprint density at radius 3 is 2.52 bits per heavy atom. The number of sulfonamides is 1. The van der Waals surface area contributed by atoms with Crippen LogP contribution >= 0.6 is 0 Å². The lowest BCUT2D eigenvalue weighted by molar-refractivity contribution is 0.219. The minimum atomic E-state index is -4.07. The van der Waals surface area contributed by atoms with E-state index in [0.717, 1.165) is 11.1 Å².